The molecule has 1 saturated carbocycles. The Labute approximate surface area is 161 Å². The summed E-state index contributed by atoms with van der Waals surface area (Å²) in [6.07, 6.45) is 5.93. The van der Waals surface area contributed by atoms with Crippen LogP contribution in [0.2, 0.25) is 0 Å². The third-order valence-corrected chi connectivity index (χ3v) is 5.69. The molecule has 1 aromatic carbocycles. The Morgan fingerprint density at radius 2 is 1.93 bits per heavy atom. The van der Waals surface area contributed by atoms with Gasteiger partial charge in [-0.05, 0) is 31.9 Å². The molecular formula is C21H30N2O4. The maximum Gasteiger partial charge on any atom is 0.258 e. The van der Waals surface area contributed by atoms with Crippen LogP contribution in [0.4, 0.5) is 0 Å². The van der Waals surface area contributed by atoms with E-state index in [4.69, 9.17) is 9.47 Å². The molecule has 0 spiro atoms. The van der Waals surface area contributed by atoms with Crippen molar-refractivity contribution in [2.24, 2.45) is 0 Å². The Morgan fingerprint density at radius 3 is 2.63 bits per heavy atom. The fourth-order valence-corrected chi connectivity index (χ4v) is 4.12. The minimum Gasteiger partial charge on any atom is -0.484 e. The van der Waals surface area contributed by atoms with Gasteiger partial charge in [0.15, 0.2) is 12.4 Å². The fraction of sp³-hybridized carbons (Fsp3) is 0.619. The SMILES string of the molecule is CC(=O)c1cccc(OCC(=O)NCC2(N3CCOCC3)CCCCC2)c1. The van der Waals surface area contributed by atoms with Crippen LogP contribution in [0.3, 0.4) is 0 Å². The molecule has 6 heteroatoms. The van der Waals surface area contributed by atoms with Gasteiger partial charge in [-0.15, -0.1) is 0 Å². The van der Waals surface area contributed by atoms with Gasteiger partial charge < -0.3 is 14.8 Å². The molecule has 0 atom stereocenters. The Bertz CT molecular complexity index is 649. The van der Waals surface area contributed by atoms with E-state index >= 15 is 0 Å². The molecule has 1 amide bonds. The number of Topliss-reactive ketones (excluding diaryl/α,β-unsaturated/α-hetero) is 1. The maximum absolute atomic E-state index is 12.4. The smallest absolute Gasteiger partial charge is 0.258 e. The Balaban J connectivity index is 1.53. The van der Waals surface area contributed by atoms with Crippen LogP contribution in [0, 0.1) is 0 Å². The second kappa shape index (κ2) is 9.33. The summed E-state index contributed by atoms with van der Waals surface area (Å²) in [5.74, 6) is 0.398. The number of carbonyl (C=O) groups excluding carboxylic acids is 2. The van der Waals surface area contributed by atoms with Gasteiger partial charge in [0, 0.05) is 30.7 Å². The highest BCUT2D eigenvalue weighted by Crippen LogP contribution is 2.33. The van der Waals surface area contributed by atoms with Gasteiger partial charge in [0.25, 0.3) is 5.91 Å². The minimum atomic E-state index is -0.124. The minimum absolute atomic E-state index is 0.0188. The van der Waals surface area contributed by atoms with Crippen molar-refractivity contribution >= 4 is 11.7 Å². The highest BCUT2D eigenvalue weighted by atomic mass is 16.5. The lowest BCUT2D eigenvalue weighted by molar-refractivity contribution is -0.124. The van der Waals surface area contributed by atoms with E-state index < -0.39 is 0 Å². The lowest BCUT2D eigenvalue weighted by Crippen LogP contribution is -2.60. The first-order chi connectivity index (χ1) is 13.1. The van der Waals surface area contributed by atoms with Gasteiger partial charge in [-0.25, -0.2) is 0 Å². The number of nitrogens with one attached hydrogen (secondary N) is 1. The topological polar surface area (TPSA) is 67.9 Å². The van der Waals surface area contributed by atoms with Gasteiger partial charge in [-0.1, -0.05) is 31.4 Å². The van der Waals surface area contributed by atoms with Crippen molar-refractivity contribution in [3.05, 3.63) is 29.8 Å². The Hall–Kier alpha value is -1.92. The van der Waals surface area contributed by atoms with Gasteiger partial charge in [0.2, 0.25) is 0 Å². The van der Waals surface area contributed by atoms with Gasteiger partial charge in [0.05, 0.1) is 13.2 Å². The van der Waals surface area contributed by atoms with Crippen molar-refractivity contribution < 1.29 is 19.1 Å². The first-order valence-electron chi connectivity index (χ1n) is 9.92. The average molecular weight is 374 g/mol. The van der Waals surface area contributed by atoms with Crippen molar-refractivity contribution in [1.29, 1.82) is 0 Å². The summed E-state index contributed by atoms with van der Waals surface area (Å²) < 4.78 is 11.1. The van der Waals surface area contributed by atoms with Gasteiger partial charge in [-0.3, -0.25) is 14.5 Å². The molecule has 1 aromatic rings. The summed E-state index contributed by atoms with van der Waals surface area (Å²) in [5, 5.41) is 3.08. The molecule has 6 nitrogen and oxygen atoms in total. The van der Waals surface area contributed by atoms with Crippen LogP contribution in [0.15, 0.2) is 24.3 Å². The zero-order valence-electron chi connectivity index (χ0n) is 16.2. The fourth-order valence-electron chi connectivity index (χ4n) is 4.12. The number of hydrogen-bond acceptors (Lipinski definition) is 5. The molecule has 2 aliphatic rings. The van der Waals surface area contributed by atoms with Crippen LogP contribution < -0.4 is 10.1 Å². The van der Waals surface area contributed by atoms with E-state index in [-0.39, 0.29) is 23.8 Å². The van der Waals surface area contributed by atoms with Gasteiger partial charge in [-0.2, -0.15) is 0 Å². The van der Waals surface area contributed by atoms with E-state index in [1.807, 2.05) is 0 Å². The second-order valence-corrected chi connectivity index (χ2v) is 7.53. The first-order valence-corrected chi connectivity index (χ1v) is 9.92. The van der Waals surface area contributed by atoms with E-state index in [2.05, 4.69) is 10.2 Å². The van der Waals surface area contributed by atoms with E-state index in [9.17, 15) is 9.59 Å². The van der Waals surface area contributed by atoms with E-state index in [1.54, 1.807) is 24.3 Å². The van der Waals surface area contributed by atoms with Crippen LogP contribution in [-0.2, 0) is 9.53 Å². The molecule has 3 rings (SSSR count). The summed E-state index contributed by atoms with van der Waals surface area (Å²) in [5.41, 5.74) is 0.632. The molecule has 0 aromatic heterocycles. The van der Waals surface area contributed by atoms with Crippen LogP contribution >= 0.6 is 0 Å². The highest BCUT2D eigenvalue weighted by Gasteiger charge is 2.38. The first kappa shape index (κ1) is 19.8. The highest BCUT2D eigenvalue weighted by molar-refractivity contribution is 5.94. The third-order valence-electron chi connectivity index (χ3n) is 5.69. The summed E-state index contributed by atoms with van der Waals surface area (Å²) >= 11 is 0. The average Bonchev–Trinajstić information content (AvgIpc) is 2.72. The lowest BCUT2D eigenvalue weighted by atomic mass is 9.79. The van der Waals surface area contributed by atoms with Crippen molar-refractivity contribution in [2.45, 2.75) is 44.6 Å². The number of nitrogens with zero attached hydrogens (tertiary/aromatic N) is 1. The number of morpholine rings is 1. The lowest BCUT2D eigenvalue weighted by Gasteiger charge is -2.48. The zero-order chi connectivity index (χ0) is 19.1. The number of amides is 1. The summed E-state index contributed by atoms with van der Waals surface area (Å²) in [6.45, 7) is 5.54. The van der Waals surface area contributed by atoms with Gasteiger partial charge in [0.1, 0.15) is 5.75 Å². The molecule has 148 valence electrons. The molecule has 0 bridgehead atoms. The second-order valence-electron chi connectivity index (χ2n) is 7.53. The Morgan fingerprint density at radius 1 is 1.19 bits per heavy atom. The monoisotopic (exact) mass is 374 g/mol. The predicted molar refractivity (Wildman–Crippen MR) is 103 cm³/mol. The van der Waals surface area contributed by atoms with Gasteiger partial charge >= 0.3 is 0 Å². The quantitative estimate of drug-likeness (QED) is 0.743. The van der Waals surface area contributed by atoms with Crippen LogP contribution in [-0.4, -0.2) is 61.6 Å². The Kier molecular flexibility index (Phi) is 6.85. The van der Waals surface area contributed by atoms with Crippen molar-refractivity contribution in [2.75, 3.05) is 39.5 Å². The molecule has 27 heavy (non-hydrogen) atoms. The van der Waals surface area contributed by atoms with E-state index in [1.165, 1.54) is 26.2 Å². The number of ether oxygens (including phenoxy) is 2. The number of hydrogen-bond donors (Lipinski definition) is 1. The molecule has 1 aliphatic heterocycles. The van der Waals surface area contributed by atoms with Crippen LogP contribution in [0.5, 0.6) is 5.75 Å². The molecule has 1 N–H and O–H groups in total. The molecule has 0 unspecified atom stereocenters. The number of rotatable bonds is 7. The predicted octanol–water partition coefficient (Wildman–Crippen LogP) is 2.42. The van der Waals surface area contributed by atoms with Crippen LogP contribution in [0.1, 0.15) is 49.4 Å². The summed E-state index contributed by atoms with van der Waals surface area (Å²) in [7, 11) is 0. The van der Waals surface area contributed by atoms with E-state index in [0.717, 1.165) is 39.1 Å². The number of ketones is 1. The van der Waals surface area contributed by atoms with Crippen LogP contribution in [0.25, 0.3) is 0 Å². The maximum atomic E-state index is 12.4. The molecule has 1 heterocycles. The summed E-state index contributed by atoms with van der Waals surface area (Å²) in [4.78, 5) is 26.3. The molecular weight excluding hydrogens is 344 g/mol. The van der Waals surface area contributed by atoms with Crippen molar-refractivity contribution in [1.82, 2.24) is 10.2 Å². The molecule has 1 aliphatic carbocycles. The number of carbonyl (C=O) groups is 2. The van der Waals surface area contributed by atoms with E-state index in [0.29, 0.717) is 17.9 Å². The number of benzene rings is 1. The summed E-state index contributed by atoms with van der Waals surface area (Å²) in [6, 6.07) is 6.94. The molecule has 0 radical (unpaired) electrons. The standard InChI is InChI=1S/C21H30N2O4/c1-17(24)18-6-5-7-19(14-18)27-15-20(25)22-16-21(8-3-2-4-9-21)23-10-12-26-13-11-23/h5-7,14H,2-4,8-13,15-16H2,1H3,(H,22,25). The molecule has 2 fully saturated rings. The largest absolute Gasteiger partial charge is 0.484 e. The van der Waals surface area contributed by atoms with Crippen molar-refractivity contribution in [3.8, 4) is 5.75 Å². The normalized spacial score (nSPS) is 20.0. The zero-order valence-corrected chi connectivity index (χ0v) is 16.2. The third kappa shape index (κ3) is 5.30. The molecule has 1 saturated heterocycles. The van der Waals surface area contributed by atoms with Crippen molar-refractivity contribution in [3.63, 3.8) is 0 Å².